The van der Waals surface area contributed by atoms with Gasteiger partial charge in [0.2, 0.25) is 0 Å². The van der Waals surface area contributed by atoms with Gasteiger partial charge in [-0.05, 0) is 24.8 Å². The Hall–Kier alpha value is -1.41. The van der Waals surface area contributed by atoms with Gasteiger partial charge in [0.05, 0.1) is 11.8 Å². The zero-order valence-corrected chi connectivity index (χ0v) is 8.61. The quantitative estimate of drug-likeness (QED) is 0.662. The molecule has 0 heterocycles. The summed E-state index contributed by atoms with van der Waals surface area (Å²) in [7, 11) is 0. The van der Waals surface area contributed by atoms with Gasteiger partial charge in [0.1, 0.15) is 0 Å². The van der Waals surface area contributed by atoms with Crippen molar-refractivity contribution in [2.24, 2.45) is 0 Å². The second kappa shape index (κ2) is 4.41. The van der Waals surface area contributed by atoms with Crippen molar-refractivity contribution in [3.05, 3.63) is 47.6 Å². The summed E-state index contributed by atoms with van der Waals surface area (Å²) in [4.78, 5) is 0. The highest BCUT2D eigenvalue weighted by Gasteiger charge is 2.18. The first-order valence-corrected chi connectivity index (χ1v) is 5.30. The average molecular weight is 201 g/mol. The van der Waals surface area contributed by atoms with Gasteiger partial charge in [-0.2, -0.15) is 0 Å². The summed E-state index contributed by atoms with van der Waals surface area (Å²) in [6.45, 7) is 0. The molecule has 0 spiro atoms. The summed E-state index contributed by atoms with van der Waals surface area (Å²) < 4.78 is 0. The van der Waals surface area contributed by atoms with Crippen molar-refractivity contribution in [2.75, 3.05) is 0 Å². The number of nitrogens with one attached hydrogen (secondary N) is 1. The molecule has 0 saturated heterocycles. The number of aliphatic hydroxyl groups excluding tert-OH is 1. The summed E-state index contributed by atoms with van der Waals surface area (Å²) in [6, 6.07) is 0. The van der Waals surface area contributed by atoms with E-state index >= 15 is 0 Å². The SMILES string of the molecule is N=C(C1=CCCC=C1)C1=CC=CCC1O. The fraction of sp³-hybridized carbons (Fsp3) is 0.308. The molecule has 1 unspecified atom stereocenters. The highest BCUT2D eigenvalue weighted by atomic mass is 16.3. The van der Waals surface area contributed by atoms with Crippen molar-refractivity contribution in [3.63, 3.8) is 0 Å². The summed E-state index contributed by atoms with van der Waals surface area (Å²) >= 11 is 0. The molecular formula is C13H15NO. The second-order valence-corrected chi connectivity index (χ2v) is 3.82. The van der Waals surface area contributed by atoms with E-state index in [2.05, 4.69) is 12.2 Å². The predicted octanol–water partition coefficient (Wildman–Crippen LogP) is 2.53. The zero-order chi connectivity index (χ0) is 10.7. The largest absolute Gasteiger partial charge is 0.388 e. The molecule has 0 amide bonds. The monoisotopic (exact) mass is 201 g/mol. The summed E-state index contributed by atoms with van der Waals surface area (Å²) in [5, 5.41) is 17.8. The molecule has 0 fully saturated rings. The molecule has 0 aromatic heterocycles. The summed E-state index contributed by atoms with van der Waals surface area (Å²) in [5.41, 5.74) is 2.12. The molecule has 0 saturated carbocycles. The minimum Gasteiger partial charge on any atom is -0.388 e. The number of allylic oxidation sites excluding steroid dienone is 6. The lowest BCUT2D eigenvalue weighted by molar-refractivity contribution is 0.219. The Morgan fingerprint density at radius 2 is 2.20 bits per heavy atom. The van der Waals surface area contributed by atoms with Crippen molar-refractivity contribution in [3.8, 4) is 0 Å². The van der Waals surface area contributed by atoms with Gasteiger partial charge in [0.25, 0.3) is 0 Å². The van der Waals surface area contributed by atoms with Crippen LogP contribution in [0, 0.1) is 5.41 Å². The lowest BCUT2D eigenvalue weighted by atomic mass is 9.91. The molecule has 0 aliphatic heterocycles. The van der Waals surface area contributed by atoms with E-state index in [9.17, 15) is 5.11 Å². The van der Waals surface area contributed by atoms with Crippen LogP contribution < -0.4 is 0 Å². The Morgan fingerprint density at radius 1 is 1.33 bits per heavy atom. The number of hydrogen-bond donors (Lipinski definition) is 2. The first-order chi connectivity index (χ1) is 7.29. The van der Waals surface area contributed by atoms with Crippen LogP contribution in [-0.2, 0) is 0 Å². The molecule has 0 radical (unpaired) electrons. The smallest absolute Gasteiger partial charge is 0.0845 e. The van der Waals surface area contributed by atoms with Gasteiger partial charge in [-0.3, -0.25) is 5.41 Å². The molecule has 0 bridgehead atoms. The van der Waals surface area contributed by atoms with E-state index in [0.29, 0.717) is 12.1 Å². The maximum absolute atomic E-state index is 9.76. The van der Waals surface area contributed by atoms with Crippen LogP contribution in [0.15, 0.2) is 47.6 Å². The van der Waals surface area contributed by atoms with Gasteiger partial charge in [-0.15, -0.1) is 0 Å². The molecule has 78 valence electrons. The van der Waals surface area contributed by atoms with Gasteiger partial charge < -0.3 is 5.11 Å². The minimum atomic E-state index is -0.515. The molecule has 0 aromatic carbocycles. The first kappa shape index (κ1) is 10.1. The molecule has 2 aliphatic rings. The van der Waals surface area contributed by atoms with E-state index in [4.69, 9.17) is 5.41 Å². The lowest BCUT2D eigenvalue weighted by Gasteiger charge is -2.18. The Bertz CT molecular complexity index is 385. The molecular weight excluding hydrogens is 186 g/mol. The maximum atomic E-state index is 9.76. The van der Waals surface area contributed by atoms with E-state index < -0.39 is 6.10 Å². The van der Waals surface area contributed by atoms with Crippen LogP contribution in [0.2, 0.25) is 0 Å². The third kappa shape index (κ3) is 2.16. The highest BCUT2D eigenvalue weighted by molar-refractivity contribution is 6.13. The van der Waals surface area contributed by atoms with Crippen molar-refractivity contribution in [1.82, 2.24) is 0 Å². The van der Waals surface area contributed by atoms with Gasteiger partial charge in [-0.25, -0.2) is 0 Å². The van der Waals surface area contributed by atoms with Crippen LogP contribution in [0.1, 0.15) is 19.3 Å². The molecule has 2 nitrogen and oxygen atoms in total. The first-order valence-electron chi connectivity index (χ1n) is 5.30. The molecule has 1 atom stereocenters. The van der Waals surface area contributed by atoms with Crippen LogP contribution in [0.5, 0.6) is 0 Å². The molecule has 15 heavy (non-hydrogen) atoms. The van der Waals surface area contributed by atoms with Crippen LogP contribution in [0.4, 0.5) is 0 Å². The second-order valence-electron chi connectivity index (χ2n) is 3.82. The van der Waals surface area contributed by atoms with E-state index in [1.54, 1.807) is 0 Å². The fourth-order valence-electron chi connectivity index (χ4n) is 1.83. The summed E-state index contributed by atoms with van der Waals surface area (Å²) in [6.07, 6.45) is 13.9. The Balaban J connectivity index is 2.20. The molecule has 2 heteroatoms. The summed E-state index contributed by atoms with van der Waals surface area (Å²) in [5.74, 6) is 0. The highest BCUT2D eigenvalue weighted by Crippen LogP contribution is 2.20. The standard InChI is InChI=1S/C13H15NO/c14-13(10-6-2-1-3-7-10)11-8-4-5-9-12(11)15/h2,4-8,12,14-15H,1,3,9H2. The topological polar surface area (TPSA) is 44.1 Å². The van der Waals surface area contributed by atoms with Crippen LogP contribution in [-0.4, -0.2) is 16.9 Å². The average Bonchev–Trinajstić information content (AvgIpc) is 2.30. The van der Waals surface area contributed by atoms with Gasteiger partial charge >= 0.3 is 0 Å². The molecule has 2 aliphatic carbocycles. The number of rotatable bonds is 2. The zero-order valence-electron chi connectivity index (χ0n) is 8.61. The van der Waals surface area contributed by atoms with Crippen LogP contribution >= 0.6 is 0 Å². The number of aliphatic hydroxyl groups is 1. The van der Waals surface area contributed by atoms with Crippen molar-refractivity contribution < 1.29 is 5.11 Å². The third-order valence-corrected chi connectivity index (χ3v) is 2.70. The van der Waals surface area contributed by atoms with Crippen LogP contribution in [0.25, 0.3) is 0 Å². The van der Waals surface area contributed by atoms with Crippen LogP contribution in [0.3, 0.4) is 0 Å². The molecule has 2 N–H and O–H groups in total. The van der Waals surface area contributed by atoms with Gasteiger partial charge in [-0.1, -0.05) is 36.5 Å². The Morgan fingerprint density at radius 3 is 2.87 bits per heavy atom. The van der Waals surface area contributed by atoms with Crippen molar-refractivity contribution in [1.29, 1.82) is 5.41 Å². The van der Waals surface area contributed by atoms with E-state index in [1.807, 2.05) is 24.3 Å². The van der Waals surface area contributed by atoms with E-state index in [-0.39, 0.29) is 0 Å². The molecule has 0 aromatic rings. The minimum absolute atomic E-state index is 0.461. The Labute approximate surface area is 89.8 Å². The van der Waals surface area contributed by atoms with Gasteiger partial charge in [0.15, 0.2) is 0 Å². The normalized spacial score (nSPS) is 24.7. The van der Waals surface area contributed by atoms with Crippen molar-refractivity contribution in [2.45, 2.75) is 25.4 Å². The van der Waals surface area contributed by atoms with E-state index in [1.165, 1.54) is 0 Å². The number of hydrogen-bond acceptors (Lipinski definition) is 2. The fourth-order valence-corrected chi connectivity index (χ4v) is 1.83. The van der Waals surface area contributed by atoms with E-state index in [0.717, 1.165) is 24.0 Å². The lowest BCUT2D eigenvalue weighted by Crippen LogP contribution is -2.19. The Kier molecular flexibility index (Phi) is 2.97. The van der Waals surface area contributed by atoms with Crippen molar-refractivity contribution >= 4 is 5.71 Å². The third-order valence-electron chi connectivity index (χ3n) is 2.70. The van der Waals surface area contributed by atoms with Gasteiger partial charge in [0, 0.05) is 5.57 Å². The molecule has 2 rings (SSSR count). The predicted molar refractivity (Wildman–Crippen MR) is 62.0 cm³/mol. The maximum Gasteiger partial charge on any atom is 0.0845 e.